The summed E-state index contributed by atoms with van der Waals surface area (Å²) in [5, 5.41) is 0. The summed E-state index contributed by atoms with van der Waals surface area (Å²) in [6.45, 7) is 7.59. The lowest BCUT2D eigenvalue weighted by Gasteiger charge is -2.31. The molecule has 0 fully saturated rings. The maximum Gasteiger partial charge on any atom is 0.410 e. The molecule has 1 N–H and O–H groups in total. The average Bonchev–Trinajstić information content (AvgIpc) is 2.34. The van der Waals surface area contributed by atoms with Crippen molar-refractivity contribution in [2.45, 2.75) is 46.3 Å². The van der Waals surface area contributed by atoms with Crippen LogP contribution in [0.25, 0.3) is 0 Å². The molecule has 1 aliphatic rings. The number of aromatic nitrogens is 1. The summed E-state index contributed by atoms with van der Waals surface area (Å²) < 4.78 is 5.33. The number of carbonyl (C=O) groups is 2. The minimum absolute atomic E-state index is 0.166. The SMILES string of the molecule is CC(=O)c1cc2c([nH]c1=O)CN(C(=O)OC(C)(C)C)CC2. The monoisotopic (exact) mass is 292 g/mol. The Bertz CT molecular complexity index is 640. The first-order valence-electron chi connectivity index (χ1n) is 6.91. The Morgan fingerprint density at radius 1 is 1.33 bits per heavy atom. The van der Waals surface area contributed by atoms with E-state index in [1.165, 1.54) is 6.92 Å². The third kappa shape index (κ3) is 3.51. The second-order valence-electron chi connectivity index (χ2n) is 6.22. The number of amides is 1. The quantitative estimate of drug-likeness (QED) is 0.801. The highest BCUT2D eigenvalue weighted by molar-refractivity contribution is 5.93. The van der Waals surface area contributed by atoms with Crippen LogP contribution in [0.5, 0.6) is 0 Å². The van der Waals surface area contributed by atoms with E-state index in [2.05, 4.69) is 4.98 Å². The molecule has 114 valence electrons. The molecule has 1 aromatic rings. The predicted octanol–water partition coefficient (Wildman–Crippen LogP) is 1.87. The number of nitrogens with zero attached hydrogens (tertiary/aromatic N) is 1. The molecule has 2 heterocycles. The van der Waals surface area contributed by atoms with Crippen LogP contribution in [-0.2, 0) is 17.7 Å². The van der Waals surface area contributed by atoms with E-state index in [0.717, 1.165) is 5.56 Å². The van der Waals surface area contributed by atoms with Crippen molar-refractivity contribution in [3.63, 3.8) is 0 Å². The number of Topliss-reactive ketones (excluding diaryl/α,β-unsaturated/α-hetero) is 1. The number of hydrogen-bond donors (Lipinski definition) is 1. The van der Waals surface area contributed by atoms with Gasteiger partial charge in [0.1, 0.15) is 5.60 Å². The van der Waals surface area contributed by atoms with E-state index in [0.29, 0.717) is 18.7 Å². The van der Waals surface area contributed by atoms with Crippen LogP contribution in [0.1, 0.15) is 49.3 Å². The predicted molar refractivity (Wildman–Crippen MR) is 77.4 cm³/mol. The van der Waals surface area contributed by atoms with Gasteiger partial charge in [0.25, 0.3) is 5.56 Å². The van der Waals surface area contributed by atoms with Gasteiger partial charge in [-0.3, -0.25) is 9.59 Å². The van der Waals surface area contributed by atoms with Gasteiger partial charge < -0.3 is 14.6 Å². The van der Waals surface area contributed by atoms with Gasteiger partial charge in [0.15, 0.2) is 5.78 Å². The molecule has 0 radical (unpaired) electrons. The molecule has 21 heavy (non-hydrogen) atoms. The van der Waals surface area contributed by atoms with Gasteiger partial charge in [-0.15, -0.1) is 0 Å². The van der Waals surface area contributed by atoms with E-state index in [1.807, 2.05) is 20.8 Å². The minimum Gasteiger partial charge on any atom is -0.444 e. The van der Waals surface area contributed by atoms with Crippen LogP contribution in [0, 0.1) is 0 Å². The molecule has 6 nitrogen and oxygen atoms in total. The molecule has 0 saturated carbocycles. The van der Waals surface area contributed by atoms with Gasteiger partial charge in [-0.05, 0) is 45.7 Å². The van der Waals surface area contributed by atoms with E-state index >= 15 is 0 Å². The maximum atomic E-state index is 12.0. The number of H-pyrrole nitrogens is 1. The first kappa shape index (κ1) is 15.3. The highest BCUT2D eigenvalue weighted by atomic mass is 16.6. The summed E-state index contributed by atoms with van der Waals surface area (Å²) in [5.41, 5.74) is 0.775. The number of rotatable bonds is 1. The molecule has 0 saturated heterocycles. The van der Waals surface area contributed by atoms with Crippen LogP contribution in [0.2, 0.25) is 0 Å². The Morgan fingerprint density at radius 3 is 2.57 bits per heavy atom. The molecule has 0 bridgehead atoms. The third-order valence-corrected chi connectivity index (χ3v) is 3.25. The van der Waals surface area contributed by atoms with Crippen LogP contribution in [0.4, 0.5) is 4.79 Å². The molecule has 1 aromatic heterocycles. The van der Waals surface area contributed by atoms with E-state index in [4.69, 9.17) is 4.74 Å². The van der Waals surface area contributed by atoms with Crippen molar-refractivity contribution >= 4 is 11.9 Å². The summed E-state index contributed by atoms with van der Waals surface area (Å²) >= 11 is 0. The van der Waals surface area contributed by atoms with Crippen molar-refractivity contribution in [1.82, 2.24) is 9.88 Å². The smallest absolute Gasteiger partial charge is 0.410 e. The molecule has 0 spiro atoms. The molecule has 0 atom stereocenters. The third-order valence-electron chi connectivity index (χ3n) is 3.25. The molecule has 0 unspecified atom stereocenters. The number of ether oxygens (including phenoxy) is 1. The summed E-state index contributed by atoms with van der Waals surface area (Å²) in [4.78, 5) is 39.5. The number of nitrogens with one attached hydrogen (secondary N) is 1. The van der Waals surface area contributed by atoms with Crippen LogP contribution >= 0.6 is 0 Å². The molecule has 1 aliphatic heterocycles. The van der Waals surface area contributed by atoms with Gasteiger partial charge in [-0.1, -0.05) is 0 Å². The van der Waals surface area contributed by atoms with E-state index in [1.54, 1.807) is 11.0 Å². The molecule has 6 heteroatoms. The Hall–Kier alpha value is -2.11. The normalized spacial score (nSPS) is 14.6. The van der Waals surface area contributed by atoms with Gasteiger partial charge in [0.05, 0.1) is 12.1 Å². The van der Waals surface area contributed by atoms with Gasteiger partial charge in [0.2, 0.25) is 0 Å². The van der Waals surface area contributed by atoms with Crippen LogP contribution in [0.3, 0.4) is 0 Å². The summed E-state index contributed by atoms with van der Waals surface area (Å²) in [6, 6.07) is 1.63. The lowest BCUT2D eigenvalue weighted by Crippen LogP contribution is -2.41. The second-order valence-corrected chi connectivity index (χ2v) is 6.22. The topological polar surface area (TPSA) is 79.5 Å². The number of carbonyl (C=O) groups excluding carboxylic acids is 2. The average molecular weight is 292 g/mol. The zero-order valence-corrected chi connectivity index (χ0v) is 12.8. The van der Waals surface area contributed by atoms with Crippen LogP contribution < -0.4 is 5.56 Å². The fourth-order valence-electron chi connectivity index (χ4n) is 2.24. The summed E-state index contributed by atoms with van der Waals surface area (Å²) in [6.07, 6.45) is 0.190. The van der Waals surface area contributed by atoms with Gasteiger partial charge in [-0.25, -0.2) is 4.79 Å². The Kier molecular flexibility index (Phi) is 3.89. The van der Waals surface area contributed by atoms with Crippen LogP contribution in [-0.4, -0.2) is 33.9 Å². The molecular weight excluding hydrogens is 272 g/mol. The number of ketones is 1. The van der Waals surface area contributed by atoms with Crippen molar-refractivity contribution in [2.24, 2.45) is 0 Å². The Balaban J connectivity index is 2.22. The Labute approximate surface area is 123 Å². The minimum atomic E-state index is -0.552. The maximum absolute atomic E-state index is 12.0. The summed E-state index contributed by atoms with van der Waals surface area (Å²) in [5.74, 6) is -0.256. The van der Waals surface area contributed by atoms with Gasteiger partial charge in [0, 0.05) is 12.2 Å². The van der Waals surface area contributed by atoms with E-state index < -0.39 is 17.3 Å². The zero-order chi connectivity index (χ0) is 15.8. The van der Waals surface area contributed by atoms with Crippen molar-refractivity contribution in [3.8, 4) is 0 Å². The molecule has 0 aliphatic carbocycles. The lowest BCUT2D eigenvalue weighted by molar-refractivity contribution is 0.0220. The standard InChI is InChI=1S/C15H20N2O4/c1-9(18)11-7-10-5-6-17(8-12(10)16-13(11)19)14(20)21-15(2,3)4/h7H,5-6,8H2,1-4H3,(H,16,19). The molecule has 1 amide bonds. The highest BCUT2D eigenvalue weighted by Gasteiger charge is 2.26. The lowest BCUT2D eigenvalue weighted by atomic mass is 10.0. The molecule has 2 rings (SSSR count). The van der Waals surface area contributed by atoms with Crippen LogP contribution in [0.15, 0.2) is 10.9 Å². The zero-order valence-electron chi connectivity index (χ0n) is 12.8. The number of pyridine rings is 1. The van der Waals surface area contributed by atoms with Crippen molar-refractivity contribution in [3.05, 3.63) is 33.2 Å². The number of fused-ring (bicyclic) bond motifs is 1. The highest BCUT2D eigenvalue weighted by Crippen LogP contribution is 2.19. The van der Waals surface area contributed by atoms with E-state index in [9.17, 15) is 14.4 Å². The largest absolute Gasteiger partial charge is 0.444 e. The first-order valence-corrected chi connectivity index (χ1v) is 6.91. The fraction of sp³-hybridized carbons (Fsp3) is 0.533. The van der Waals surface area contributed by atoms with Crippen molar-refractivity contribution in [1.29, 1.82) is 0 Å². The van der Waals surface area contributed by atoms with Crippen molar-refractivity contribution in [2.75, 3.05) is 6.54 Å². The molecular formula is C15H20N2O4. The van der Waals surface area contributed by atoms with E-state index in [-0.39, 0.29) is 17.9 Å². The number of aromatic amines is 1. The Morgan fingerprint density at radius 2 is 2.00 bits per heavy atom. The number of hydrogen-bond acceptors (Lipinski definition) is 4. The summed E-state index contributed by atoms with van der Waals surface area (Å²) in [7, 11) is 0. The van der Waals surface area contributed by atoms with Gasteiger partial charge in [-0.2, -0.15) is 0 Å². The fourth-order valence-corrected chi connectivity index (χ4v) is 2.24. The molecule has 0 aromatic carbocycles. The van der Waals surface area contributed by atoms with Gasteiger partial charge >= 0.3 is 6.09 Å². The second kappa shape index (κ2) is 5.35. The van der Waals surface area contributed by atoms with Crippen molar-refractivity contribution < 1.29 is 14.3 Å². The first-order chi connectivity index (χ1) is 9.67.